The van der Waals surface area contributed by atoms with Gasteiger partial charge in [-0.25, -0.2) is 4.98 Å². The van der Waals surface area contributed by atoms with Crippen molar-refractivity contribution in [3.8, 4) is 0 Å². The van der Waals surface area contributed by atoms with E-state index < -0.39 is 0 Å². The molecule has 1 aliphatic rings. The van der Waals surface area contributed by atoms with Gasteiger partial charge in [0.25, 0.3) is 5.91 Å². The molecule has 1 aliphatic heterocycles. The molecule has 1 aromatic carbocycles. The third kappa shape index (κ3) is 4.25. The molecule has 1 fully saturated rings. The molecule has 3 rings (SSSR count). The maximum atomic E-state index is 12.9. The average molecular weight is 357 g/mol. The van der Waals surface area contributed by atoms with E-state index in [2.05, 4.69) is 17.2 Å². The minimum Gasteiger partial charge on any atom is -0.348 e. The van der Waals surface area contributed by atoms with E-state index >= 15 is 0 Å². The van der Waals surface area contributed by atoms with Crippen molar-refractivity contribution < 1.29 is 9.59 Å². The first kappa shape index (κ1) is 17.6. The Morgan fingerprint density at radius 2 is 2.00 bits per heavy atom. The Hall–Kier alpha value is -2.21. The van der Waals surface area contributed by atoms with Gasteiger partial charge in [-0.2, -0.15) is 0 Å². The smallest absolute Gasteiger partial charge is 0.270 e. The van der Waals surface area contributed by atoms with Gasteiger partial charge in [0, 0.05) is 24.5 Å². The van der Waals surface area contributed by atoms with Crippen molar-refractivity contribution in [3.63, 3.8) is 0 Å². The Kier molecular flexibility index (Phi) is 5.81. The van der Waals surface area contributed by atoms with Crippen LogP contribution in [-0.2, 0) is 4.79 Å². The largest absolute Gasteiger partial charge is 0.348 e. The van der Waals surface area contributed by atoms with Gasteiger partial charge in [-0.3, -0.25) is 9.59 Å². The fourth-order valence-corrected chi connectivity index (χ4v) is 3.82. The van der Waals surface area contributed by atoms with Crippen molar-refractivity contribution in [1.29, 1.82) is 0 Å². The number of carbonyl (C=O) groups excluding carboxylic acids is 2. The van der Waals surface area contributed by atoms with Gasteiger partial charge in [-0.1, -0.05) is 37.3 Å². The monoisotopic (exact) mass is 357 g/mol. The SMILES string of the molecule is CC[C@H](C(=O)N1CCC(NC(=O)c2cscn2)CC1)c1ccccc1. The van der Waals surface area contributed by atoms with Crippen molar-refractivity contribution in [2.45, 2.75) is 38.1 Å². The van der Waals surface area contributed by atoms with E-state index in [0.717, 1.165) is 24.8 Å². The first-order valence-electron chi connectivity index (χ1n) is 8.71. The number of hydrogen-bond acceptors (Lipinski definition) is 4. The van der Waals surface area contributed by atoms with Gasteiger partial charge in [-0.05, 0) is 24.8 Å². The lowest BCUT2D eigenvalue weighted by Gasteiger charge is -2.34. The van der Waals surface area contributed by atoms with Gasteiger partial charge >= 0.3 is 0 Å². The van der Waals surface area contributed by atoms with Crippen molar-refractivity contribution in [1.82, 2.24) is 15.2 Å². The lowest BCUT2D eigenvalue weighted by Crippen LogP contribution is -2.47. The lowest BCUT2D eigenvalue weighted by molar-refractivity contribution is -0.134. The van der Waals surface area contributed by atoms with E-state index in [1.807, 2.05) is 35.2 Å². The molecule has 132 valence electrons. The molecule has 2 heterocycles. The van der Waals surface area contributed by atoms with Gasteiger partial charge in [0.15, 0.2) is 0 Å². The predicted octanol–water partition coefficient (Wildman–Crippen LogP) is 3.06. The number of thiazole rings is 1. The number of rotatable bonds is 5. The Balaban J connectivity index is 1.54. The van der Waals surface area contributed by atoms with Crippen molar-refractivity contribution >= 4 is 23.2 Å². The van der Waals surface area contributed by atoms with Crippen LogP contribution >= 0.6 is 11.3 Å². The van der Waals surface area contributed by atoms with Gasteiger partial charge in [-0.15, -0.1) is 11.3 Å². The fraction of sp³-hybridized carbons (Fsp3) is 0.421. The maximum Gasteiger partial charge on any atom is 0.270 e. The Morgan fingerprint density at radius 3 is 2.60 bits per heavy atom. The minimum atomic E-state index is -0.123. The third-order valence-corrected chi connectivity index (χ3v) is 5.30. The van der Waals surface area contributed by atoms with Gasteiger partial charge in [0.05, 0.1) is 11.4 Å². The summed E-state index contributed by atoms with van der Waals surface area (Å²) in [6.45, 7) is 3.42. The zero-order chi connectivity index (χ0) is 17.6. The highest BCUT2D eigenvalue weighted by atomic mass is 32.1. The number of likely N-dealkylation sites (tertiary alicyclic amines) is 1. The second-order valence-corrected chi connectivity index (χ2v) is 7.04. The number of amides is 2. The first-order valence-corrected chi connectivity index (χ1v) is 9.66. The Bertz CT molecular complexity index is 695. The summed E-state index contributed by atoms with van der Waals surface area (Å²) in [6, 6.07) is 10.1. The topological polar surface area (TPSA) is 62.3 Å². The molecule has 5 nitrogen and oxygen atoms in total. The molecule has 0 radical (unpaired) electrons. The van der Waals surface area contributed by atoms with E-state index in [4.69, 9.17) is 0 Å². The Morgan fingerprint density at radius 1 is 1.28 bits per heavy atom. The summed E-state index contributed by atoms with van der Waals surface area (Å²) < 4.78 is 0. The zero-order valence-corrected chi connectivity index (χ0v) is 15.2. The van der Waals surface area contributed by atoms with Crippen molar-refractivity contribution in [3.05, 3.63) is 52.5 Å². The maximum absolute atomic E-state index is 12.9. The molecule has 0 spiro atoms. The highest BCUT2D eigenvalue weighted by Gasteiger charge is 2.29. The second kappa shape index (κ2) is 8.25. The highest BCUT2D eigenvalue weighted by Crippen LogP contribution is 2.24. The summed E-state index contributed by atoms with van der Waals surface area (Å²) >= 11 is 1.41. The molecule has 0 unspecified atom stereocenters. The van der Waals surface area contributed by atoms with Crippen molar-refractivity contribution in [2.75, 3.05) is 13.1 Å². The van der Waals surface area contributed by atoms with Crippen LogP contribution in [0.4, 0.5) is 0 Å². The van der Waals surface area contributed by atoms with Gasteiger partial charge < -0.3 is 10.2 Å². The van der Waals surface area contributed by atoms with Crippen LogP contribution in [-0.4, -0.2) is 40.8 Å². The summed E-state index contributed by atoms with van der Waals surface area (Å²) in [7, 11) is 0. The minimum absolute atomic E-state index is 0.0812. The van der Waals surface area contributed by atoms with E-state index in [1.54, 1.807) is 10.9 Å². The first-order chi connectivity index (χ1) is 12.2. The summed E-state index contributed by atoms with van der Waals surface area (Å²) in [5.74, 6) is -0.0120. The van der Waals surface area contributed by atoms with E-state index in [9.17, 15) is 9.59 Å². The molecule has 0 aliphatic carbocycles. The van der Waals surface area contributed by atoms with Crippen LogP contribution in [0.25, 0.3) is 0 Å². The van der Waals surface area contributed by atoms with Gasteiger partial charge in [0.2, 0.25) is 5.91 Å². The molecule has 6 heteroatoms. The molecule has 1 saturated heterocycles. The van der Waals surface area contributed by atoms with E-state index in [1.165, 1.54) is 11.3 Å². The van der Waals surface area contributed by atoms with Crippen LogP contribution in [0.15, 0.2) is 41.2 Å². The summed E-state index contributed by atoms with van der Waals surface area (Å²) in [5, 5.41) is 4.77. The molecular weight excluding hydrogens is 334 g/mol. The summed E-state index contributed by atoms with van der Waals surface area (Å²) in [6.07, 6.45) is 2.36. The molecule has 1 atom stereocenters. The zero-order valence-electron chi connectivity index (χ0n) is 14.4. The van der Waals surface area contributed by atoms with E-state index in [-0.39, 0.29) is 23.8 Å². The van der Waals surface area contributed by atoms with Crippen LogP contribution < -0.4 is 5.32 Å². The number of nitrogens with zero attached hydrogens (tertiary/aromatic N) is 2. The third-order valence-electron chi connectivity index (χ3n) is 4.72. The van der Waals surface area contributed by atoms with Crippen LogP contribution in [0.5, 0.6) is 0 Å². The molecule has 0 saturated carbocycles. The summed E-state index contributed by atoms with van der Waals surface area (Å²) in [5.41, 5.74) is 3.21. The van der Waals surface area contributed by atoms with Crippen LogP contribution in [0, 0.1) is 0 Å². The number of carbonyl (C=O) groups is 2. The predicted molar refractivity (Wildman–Crippen MR) is 98.7 cm³/mol. The standard InChI is InChI=1S/C19H23N3O2S/c1-2-16(14-6-4-3-5-7-14)19(24)22-10-8-15(9-11-22)21-18(23)17-12-25-13-20-17/h3-7,12-13,15-16H,2,8-11H2,1H3,(H,21,23)/t16-/m0/s1. The second-order valence-electron chi connectivity index (χ2n) is 6.32. The number of nitrogens with one attached hydrogen (secondary N) is 1. The molecule has 25 heavy (non-hydrogen) atoms. The number of benzene rings is 1. The summed E-state index contributed by atoms with van der Waals surface area (Å²) in [4.78, 5) is 30.9. The highest BCUT2D eigenvalue weighted by molar-refractivity contribution is 7.07. The van der Waals surface area contributed by atoms with E-state index in [0.29, 0.717) is 18.8 Å². The molecule has 1 N–H and O–H groups in total. The molecule has 2 aromatic rings. The fourth-order valence-electron chi connectivity index (χ4n) is 3.29. The quantitative estimate of drug-likeness (QED) is 0.894. The normalized spacial score (nSPS) is 16.4. The Labute approximate surface area is 152 Å². The molecule has 1 aromatic heterocycles. The lowest BCUT2D eigenvalue weighted by atomic mass is 9.93. The number of aromatic nitrogens is 1. The van der Waals surface area contributed by atoms with Gasteiger partial charge in [0.1, 0.15) is 5.69 Å². The van der Waals surface area contributed by atoms with Crippen LogP contribution in [0.2, 0.25) is 0 Å². The van der Waals surface area contributed by atoms with Crippen LogP contribution in [0.3, 0.4) is 0 Å². The number of hydrogen-bond donors (Lipinski definition) is 1. The van der Waals surface area contributed by atoms with Crippen LogP contribution in [0.1, 0.15) is 48.2 Å². The average Bonchev–Trinajstić information content (AvgIpc) is 3.19. The molecular formula is C19H23N3O2S. The number of piperidine rings is 1. The van der Waals surface area contributed by atoms with Crippen molar-refractivity contribution in [2.24, 2.45) is 0 Å². The molecule has 2 amide bonds. The molecule has 0 bridgehead atoms.